The van der Waals surface area contributed by atoms with Gasteiger partial charge in [0, 0.05) is 32.0 Å². The summed E-state index contributed by atoms with van der Waals surface area (Å²) in [6.07, 6.45) is 0. The molecule has 0 heterocycles. The van der Waals surface area contributed by atoms with Crippen molar-refractivity contribution in [3.63, 3.8) is 0 Å². The zero-order valence-corrected chi connectivity index (χ0v) is 11.1. The summed E-state index contributed by atoms with van der Waals surface area (Å²) in [6.45, 7) is 0.995. The van der Waals surface area contributed by atoms with Crippen LogP contribution in [0.15, 0.2) is 0 Å². The van der Waals surface area contributed by atoms with Gasteiger partial charge in [0.25, 0.3) is 0 Å². The highest BCUT2D eigenvalue weighted by atomic mass is 35.5. The third-order valence-corrected chi connectivity index (χ3v) is 4.73. The van der Waals surface area contributed by atoms with Gasteiger partial charge in [-0.25, -0.2) is 9.34 Å². The maximum absolute atomic E-state index is 12.3. The Kier molecular flexibility index (Phi) is 7.39. The molecule has 1 atom stereocenters. The summed E-state index contributed by atoms with van der Waals surface area (Å²) in [6, 6.07) is 0. The fourth-order valence-electron chi connectivity index (χ4n) is 1.09. The average molecular weight is 263 g/mol. The fourth-order valence-corrected chi connectivity index (χ4v) is 3.50. The van der Waals surface area contributed by atoms with E-state index in [0.29, 0.717) is 24.8 Å². The van der Waals surface area contributed by atoms with Crippen LogP contribution in [0.5, 0.6) is 0 Å². The number of hydrogen-bond donors (Lipinski definition) is 0. The molecule has 86 valence electrons. The van der Waals surface area contributed by atoms with Gasteiger partial charge >= 0.3 is 7.67 Å². The van der Waals surface area contributed by atoms with Gasteiger partial charge < -0.3 is 4.52 Å². The number of rotatable bonds is 7. The minimum absolute atomic E-state index is 0.401. The normalized spacial score (nSPS) is 16.2. The van der Waals surface area contributed by atoms with Crippen molar-refractivity contribution in [2.75, 3.05) is 46.1 Å². The molecule has 0 aromatic heterocycles. The van der Waals surface area contributed by atoms with Crippen molar-refractivity contribution >= 4 is 30.9 Å². The second-order valence-corrected chi connectivity index (χ2v) is 6.32. The van der Waals surface area contributed by atoms with Gasteiger partial charge in [-0.05, 0) is 14.1 Å². The van der Waals surface area contributed by atoms with E-state index in [9.17, 15) is 4.57 Å². The van der Waals surface area contributed by atoms with Crippen molar-refractivity contribution in [2.45, 2.75) is 0 Å². The van der Waals surface area contributed by atoms with E-state index in [1.807, 2.05) is 0 Å². The van der Waals surface area contributed by atoms with Crippen LogP contribution in [-0.4, -0.2) is 55.4 Å². The molecule has 0 spiro atoms. The second kappa shape index (κ2) is 7.04. The molecule has 0 rings (SSSR count). The summed E-state index contributed by atoms with van der Waals surface area (Å²) in [7, 11) is 1.93. The van der Waals surface area contributed by atoms with Crippen molar-refractivity contribution in [2.24, 2.45) is 0 Å². The molecule has 0 amide bonds. The standard InChI is InChI=1S/C7H17Cl2N2O2P/c1-10(2)14(12,13-3)11(6-4-8)7-5-9/h4-7H2,1-3H3. The Morgan fingerprint density at radius 3 is 1.86 bits per heavy atom. The van der Waals surface area contributed by atoms with Crippen LogP contribution in [0, 0.1) is 0 Å². The molecule has 7 heteroatoms. The molecule has 0 saturated heterocycles. The topological polar surface area (TPSA) is 32.8 Å². The number of alkyl halides is 2. The van der Waals surface area contributed by atoms with Crippen LogP contribution in [0.2, 0.25) is 0 Å². The van der Waals surface area contributed by atoms with E-state index >= 15 is 0 Å². The van der Waals surface area contributed by atoms with Crippen molar-refractivity contribution in [1.82, 2.24) is 9.34 Å². The first-order valence-electron chi connectivity index (χ1n) is 4.23. The molecule has 14 heavy (non-hydrogen) atoms. The Hall–Kier alpha value is 0.690. The summed E-state index contributed by atoms with van der Waals surface area (Å²) >= 11 is 11.2. The van der Waals surface area contributed by atoms with Crippen molar-refractivity contribution in [3.05, 3.63) is 0 Å². The van der Waals surface area contributed by atoms with Gasteiger partial charge in [-0.3, -0.25) is 4.57 Å². The average Bonchev–Trinajstić information content (AvgIpc) is 2.16. The van der Waals surface area contributed by atoms with E-state index in [2.05, 4.69) is 0 Å². The van der Waals surface area contributed by atoms with Gasteiger partial charge in [0.1, 0.15) is 0 Å². The molecule has 0 fully saturated rings. The van der Waals surface area contributed by atoms with Crippen molar-refractivity contribution < 1.29 is 9.09 Å². The van der Waals surface area contributed by atoms with E-state index < -0.39 is 7.67 Å². The third kappa shape index (κ3) is 3.69. The zero-order chi connectivity index (χ0) is 11.2. The number of nitrogens with zero attached hydrogens (tertiary/aromatic N) is 2. The molecule has 1 unspecified atom stereocenters. The Bertz CT molecular complexity index is 198. The maximum atomic E-state index is 12.3. The first-order chi connectivity index (χ1) is 6.52. The van der Waals surface area contributed by atoms with Crippen LogP contribution < -0.4 is 0 Å². The molecule has 0 aliphatic heterocycles. The summed E-state index contributed by atoms with van der Waals surface area (Å²) in [5, 5.41) is 0. The predicted molar refractivity (Wildman–Crippen MR) is 61.3 cm³/mol. The van der Waals surface area contributed by atoms with Crippen LogP contribution in [0.25, 0.3) is 0 Å². The van der Waals surface area contributed by atoms with Gasteiger partial charge in [-0.2, -0.15) is 0 Å². The SMILES string of the molecule is COP(=O)(N(C)C)N(CCCl)CCCl. The second-order valence-electron chi connectivity index (χ2n) is 2.85. The van der Waals surface area contributed by atoms with E-state index in [-0.39, 0.29) is 0 Å². The van der Waals surface area contributed by atoms with Gasteiger partial charge in [0.2, 0.25) is 0 Å². The smallest absolute Gasteiger partial charge is 0.309 e. The van der Waals surface area contributed by atoms with Crippen LogP contribution in [-0.2, 0) is 9.09 Å². The van der Waals surface area contributed by atoms with Crippen LogP contribution >= 0.6 is 30.9 Å². The van der Waals surface area contributed by atoms with Crippen LogP contribution in [0.3, 0.4) is 0 Å². The molecule has 0 N–H and O–H groups in total. The molecule has 0 radical (unpaired) electrons. The van der Waals surface area contributed by atoms with Crippen molar-refractivity contribution in [3.8, 4) is 0 Å². The molecule has 0 aliphatic rings. The molecule has 0 aliphatic carbocycles. The highest BCUT2D eigenvalue weighted by Crippen LogP contribution is 2.51. The fraction of sp³-hybridized carbons (Fsp3) is 1.00. The van der Waals surface area contributed by atoms with Gasteiger partial charge in [0.15, 0.2) is 0 Å². The number of hydrogen-bond acceptors (Lipinski definition) is 2. The Labute approximate surface area is 95.7 Å². The van der Waals surface area contributed by atoms with E-state index in [1.54, 1.807) is 23.4 Å². The van der Waals surface area contributed by atoms with E-state index in [0.717, 1.165) is 0 Å². The zero-order valence-electron chi connectivity index (χ0n) is 8.74. The van der Waals surface area contributed by atoms with E-state index in [1.165, 1.54) is 7.11 Å². The first kappa shape index (κ1) is 14.7. The lowest BCUT2D eigenvalue weighted by Crippen LogP contribution is -2.31. The largest absolute Gasteiger partial charge is 0.345 e. The van der Waals surface area contributed by atoms with Gasteiger partial charge in [0.05, 0.1) is 0 Å². The molecular formula is C7H17Cl2N2O2P. The summed E-state index contributed by atoms with van der Waals surface area (Å²) in [5.41, 5.74) is 0. The molecule has 0 aromatic carbocycles. The minimum Gasteiger partial charge on any atom is -0.309 e. The molecular weight excluding hydrogens is 246 g/mol. The Morgan fingerprint density at radius 1 is 1.21 bits per heavy atom. The van der Waals surface area contributed by atoms with Gasteiger partial charge in [-0.1, -0.05) is 0 Å². The Morgan fingerprint density at radius 2 is 1.64 bits per heavy atom. The molecule has 0 saturated carbocycles. The highest BCUT2D eigenvalue weighted by molar-refractivity contribution is 7.53. The lowest BCUT2D eigenvalue weighted by molar-refractivity contribution is 0.273. The number of halogens is 2. The minimum atomic E-state index is -2.92. The monoisotopic (exact) mass is 262 g/mol. The van der Waals surface area contributed by atoms with Crippen molar-refractivity contribution in [1.29, 1.82) is 0 Å². The van der Waals surface area contributed by atoms with E-state index in [4.69, 9.17) is 27.7 Å². The lowest BCUT2D eigenvalue weighted by atomic mass is 10.6. The predicted octanol–water partition coefficient (Wildman–Crippen LogP) is 2.08. The molecule has 4 nitrogen and oxygen atoms in total. The lowest BCUT2D eigenvalue weighted by Gasteiger charge is -2.32. The Balaban J connectivity index is 4.64. The highest BCUT2D eigenvalue weighted by Gasteiger charge is 2.32. The molecule has 0 bridgehead atoms. The maximum Gasteiger partial charge on any atom is 0.345 e. The quantitative estimate of drug-likeness (QED) is 0.520. The first-order valence-corrected chi connectivity index (χ1v) is 6.83. The van der Waals surface area contributed by atoms with Gasteiger partial charge in [-0.15, -0.1) is 23.2 Å². The third-order valence-electron chi connectivity index (χ3n) is 1.79. The summed E-state index contributed by atoms with van der Waals surface area (Å²) in [4.78, 5) is 0. The molecule has 0 aromatic rings. The summed E-state index contributed by atoms with van der Waals surface area (Å²) < 4.78 is 20.6. The van der Waals surface area contributed by atoms with Crippen LogP contribution in [0.1, 0.15) is 0 Å². The van der Waals surface area contributed by atoms with Crippen LogP contribution in [0.4, 0.5) is 0 Å². The summed E-state index contributed by atoms with van der Waals surface area (Å²) in [5.74, 6) is 0.802.